The highest BCUT2D eigenvalue weighted by Crippen LogP contribution is 2.20. The minimum absolute atomic E-state index is 0.439. The van der Waals surface area contributed by atoms with E-state index in [1.54, 1.807) is 12.5 Å². The van der Waals surface area contributed by atoms with Crippen LogP contribution in [-0.2, 0) is 0 Å². The van der Waals surface area contributed by atoms with Crippen molar-refractivity contribution in [3.8, 4) is 11.5 Å². The van der Waals surface area contributed by atoms with Gasteiger partial charge >= 0.3 is 0 Å². The molecule has 0 aliphatic carbocycles. The summed E-state index contributed by atoms with van der Waals surface area (Å²) in [4.78, 5) is 4.17. The Hall–Kier alpha value is -3.28. The van der Waals surface area contributed by atoms with Crippen LogP contribution in [0.15, 0.2) is 78.4 Å². The lowest BCUT2D eigenvalue weighted by atomic mass is 10.2. The quantitative estimate of drug-likeness (QED) is 0.245. The molecule has 0 saturated carbocycles. The van der Waals surface area contributed by atoms with Crippen molar-refractivity contribution in [2.45, 2.75) is 13.8 Å². The zero-order valence-electron chi connectivity index (χ0n) is 16.4. The van der Waals surface area contributed by atoms with Gasteiger partial charge in [-0.1, -0.05) is 30.3 Å². The van der Waals surface area contributed by atoms with Crippen LogP contribution in [0.2, 0.25) is 0 Å². The summed E-state index contributed by atoms with van der Waals surface area (Å²) in [5.41, 5.74) is 0.909. The molecule has 0 radical (unpaired) electrons. The van der Waals surface area contributed by atoms with E-state index in [0.29, 0.717) is 13.2 Å². The Labute approximate surface area is 166 Å². The highest BCUT2D eigenvalue weighted by Gasteiger charge is 2.14. The van der Waals surface area contributed by atoms with Gasteiger partial charge in [0.05, 0.1) is 5.56 Å². The third-order valence-corrected chi connectivity index (χ3v) is 4.20. The number of benzene rings is 2. The number of aromatic nitrogens is 2. The molecule has 146 valence electrons. The summed E-state index contributed by atoms with van der Waals surface area (Å²) in [6.07, 6.45) is 5.38. The van der Waals surface area contributed by atoms with E-state index in [-0.39, 0.29) is 0 Å². The molecule has 0 fully saturated rings. The Balaban J connectivity index is 1.76. The molecule has 0 bridgehead atoms. The van der Waals surface area contributed by atoms with Gasteiger partial charge in [-0.25, -0.2) is 4.98 Å². The first-order chi connectivity index (χ1) is 13.8. The number of rotatable bonds is 9. The second-order valence-electron chi connectivity index (χ2n) is 6.04. The Bertz CT molecular complexity index is 859. The molecular weight excluding hydrogens is 352 g/mol. The molecule has 6 nitrogen and oxygen atoms in total. The Morgan fingerprint density at radius 3 is 2.39 bits per heavy atom. The molecule has 0 N–H and O–H groups in total. The van der Waals surface area contributed by atoms with Crippen LogP contribution in [0.4, 0.5) is 0 Å². The van der Waals surface area contributed by atoms with Gasteiger partial charge in [0.25, 0.3) is 0 Å². The van der Waals surface area contributed by atoms with Crippen LogP contribution in [0.1, 0.15) is 19.4 Å². The van der Waals surface area contributed by atoms with Crippen molar-refractivity contribution in [1.29, 1.82) is 0 Å². The number of nitrogens with zero attached hydrogens (tertiary/aromatic N) is 4. The molecule has 28 heavy (non-hydrogen) atoms. The van der Waals surface area contributed by atoms with Crippen LogP contribution >= 0.6 is 0 Å². The van der Waals surface area contributed by atoms with Gasteiger partial charge in [-0.3, -0.25) is 9.58 Å². The lowest BCUT2D eigenvalue weighted by Crippen LogP contribution is -2.23. The predicted octanol–water partition coefficient (Wildman–Crippen LogP) is 3.89. The van der Waals surface area contributed by atoms with Gasteiger partial charge in [0, 0.05) is 25.5 Å². The average molecular weight is 378 g/mol. The summed E-state index contributed by atoms with van der Waals surface area (Å²) in [6.45, 7) is 6.72. The summed E-state index contributed by atoms with van der Waals surface area (Å²) in [5.74, 6) is 2.38. The van der Waals surface area contributed by atoms with Crippen LogP contribution in [0.25, 0.3) is 0 Å². The third kappa shape index (κ3) is 5.13. The Morgan fingerprint density at radius 1 is 0.964 bits per heavy atom. The van der Waals surface area contributed by atoms with Gasteiger partial charge in [0.2, 0.25) is 0 Å². The normalized spacial score (nSPS) is 11.3. The topological polar surface area (TPSA) is 51.9 Å². The summed E-state index contributed by atoms with van der Waals surface area (Å²) in [5, 5.41) is 6.83. The van der Waals surface area contributed by atoms with Gasteiger partial charge < -0.3 is 9.47 Å². The minimum Gasteiger partial charge on any atom is -0.490 e. The fourth-order valence-electron chi connectivity index (χ4n) is 2.73. The van der Waals surface area contributed by atoms with E-state index in [9.17, 15) is 0 Å². The van der Waals surface area contributed by atoms with E-state index in [4.69, 9.17) is 14.6 Å². The number of hydrogen-bond acceptors (Lipinski definition) is 5. The standard InChI is InChI=1S/C22H26N4O2/c1-3-26(4-2)24-22(25-15-14-23-18-25)20-12-8-9-13-21(20)28-17-16-27-19-10-6-5-7-11-19/h5-15,18H,3-4,16-17H2,1-2H3/b24-22-. The van der Waals surface area contributed by atoms with Crippen LogP contribution in [0, 0.1) is 0 Å². The van der Waals surface area contributed by atoms with E-state index in [0.717, 1.165) is 36.0 Å². The largest absolute Gasteiger partial charge is 0.490 e. The summed E-state index contributed by atoms with van der Waals surface area (Å²) >= 11 is 0. The molecule has 0 atom stereocenters. The SMILES string of the molecule is CCN(CC)/N=C(/c1ccccc1OCCOc1ccccc1)n1ccnc1. The molecule has 1 aromatic heterocycles. The summed E-state index contributed by atoms with van der Waals surface area (Å²) in [7, 11) is 0. The van der Waals surface area contributed by atoms with Crippen molar-refractivity contribution < 1.29 is 9.47 Å². The number of para-hydroxylation sites is 2. The van der Waals surface area contributed by atoms with Crippen molar-refractivity contribution in [3.63, 3.8) is 0 Å². The van der Waals surface area contributed by atoms with E-state index in [2.05, 4.69) is 18.8 Å². The molecule has 0 amide bonds. The summed E-state index contributed by atoms with van der Waals surface area (Å²) in [6, 6.07) is 17.6. The second-order valence-corrected chi connectivity index (χ2v) is 6.04. The van der Waals surface area contributed by atoms with Crippen LogP contribution < -0.4 is 9.47 Å². The zero-order valence-corrected chi connectivity index (χ0v) is 16.4. The van der Waals surface area contributed by atoms with Gasteiger partial charge in [-0.05, 0) is 38.1 Å². The fourth-order valence-corrected chi connectivity index (χ4v) is 2.73. The molecule has 0 spiro atoms. The lowest BCUT2D eigenvalue weighted by molar-refractivity contribution is 0.217. The van der Waals surface area contributed by atoms with Gasteiger partial charge in [-0.2, -0.15) is 5.10 Å². The van der Waals surface area contributed by atoms with Gasteiger partial charge in [0.1, 0.15) is 31.0 Å². The average Bonchev–Trinajstić information content (AvgIpc) is 3.28. The van der Waals surface area contributed by atoms with Crippen LogP contribution in [0.5, 0.6) is 11.5 Å². The molecule has 1 heterocycles. The maximum atomic E-state index is 6.03. The molecule has 3 rings (SSSR count). The first kappa shape index (κ1) is 19.5. The highest BCUT2D eigenvalue weighted by molar-refractivity contribution is 6.02. The minimum atomic E-state index is 0.439. The zero-order chi connectivity index (χ0) is 19.6. The number of hydrazone groups is 1. The van der Waals surface area contributed by atoms with E-state index in [1.165, 1.54) is 0 Å². The van der Waals surface area contributed by atoms with Crippen molar-refractivity contribution in [2.75, 3.05) is 26.3 Å². The lowest BCUT2D eigenvalue weighted by Gasteiger charge is -2.19. The highest BCUT2D eigenvalue weighted by atomic mass is 16.5. The Kier molecular flexibility index (Phi) is 7.07. The van der Waals surface area contributed by atoms with Gasteiger partial charge in [-0.15, -0.1) is 0 Å². The monoisotopic (exact) mass is 378 g/mol. The van der Waals surface area contributed by atoms with E-state index < -0.39 is 0 Å². The van der Waals surface area contributed by atoms with Crippen molar-refractivity contribution in [2.24, 2.45) is 5.10 Å². The predicted molar refractivity (Wildman–Crippen MR) is 111 cm³/mol. The van der Waals surface area contributed by atoms with Crippen LogP contribution in [0.3, 0.4) is 0 Å². The molecule has 0 saturated heterocycles. The number of hydrogen-bond donors (Lipinski definition) is 0. The van der Waals surface area contributed by atoms with Crippen molar-refractivity contribution in [1.82, 2.24) is 14.6 Å². The molecule has 3 aromatic rings. The molecule has 0 aliphatic rings. The first-order valence-electron chi connectivity index (χ1n) is 9.53. The molecule has 6 heteroatoms. The van der Waals surface area contributed by atoms with Crippen molar-refractivity contribution >= 4 is 5.84 Å². The first-order valence-corrected chi connectivity index (χ1v) is 9.53. The smallest absolute Gasteiger partial charge is 0.169 e. The van der Waals surface area contributed by atoms with Crippen LogP contribution in [-0.4, -0.2) is 46.7 Å². The van der Waals surface area contributed by atoms with Gasteiger partial charge in [0.15, 0.2) is 5.84 Å². The van der Waals surface area contributed by atoms with Crippen molar-refractivity contribution in [3.05, 3.63) is 78.9 Å². The maximum absolute atomic E-state index is 6.03. The Morgan fingerprint density at radius 2 is 1.68 bits per heavy atom. The fraction of sp³-hybridized carbons (Fsp3) is 0.273. The molecule has 0 aliphatic heterocycles. The molecule has 2 aromatic carbocycles. The van der Waals surface area contributed by atoms with E-state index >= 15 is 0 Å². The molecule has 0 unspecified atom stereocenters. The third-order valence-electron chi connectivity index (χ3n) is 4.20. The van der Waals surface area contributed by atoms with E-state index in [1.807, 2.05) is 70.4 Å². The molecular formula is C22H26N4O2. The second kappa shape index (κ2) is 10.2. The number of imidazole rings is 1. The number of ether oxygens (including phenoxy) is 2. The maximum Gasteiger partial charge on any atom is 0.169 e. The summed E-state index contributed by atoms with van der Waals surface area (Å²) < 4.78 is 13.7.